The summed E-state index contributed by atoms with van der Waals surface area (Å²) in [6.45, 7) is 2.60. The maximum atomic E-state index is 12.5. The summed E-state index contributed by atoms with van der Waals surface area (Å²) >= 11 is 2.21. The van der Waals surface area contributed by atoms with Crippen LogP contribution in [0.5, 0.6) is 0 Å². The van der Waals surface area contributed by atoms with Crippen molar-refractivity contribution in [3.05, 3.63) is 38.5 Å². The van der Waals surface area contributed by atoms with E-state index < -0.39 is 11.2 Å². The number of thiophene rings is 1. The molecule has 1 unspecified atom stereocenters. The molecule has 0 radical (unpaired) electrons. The summed E-state index contributed by atoms with van der Waals surface area (Å²) in [7, 11) is 0. The normalized spacial score (nSPS) is 13.8. The maximum absolute atomic E-state index is 12.5. The molecule has 98 valence electrons. The van der Waals surface area contributed by atoms with Crippen LogP contribution in [-0.4, -0.2) is 11.5 Å². The number of hydrogen-bond donors (Lipinski definition) is 1. The number of nitrogens with zero attached hydrogens (tertiary/aromatic N) is 1. The zero-order valence-corrected chi connectivity index (χ0v) is 11.1. The zero-order valence-electron chi connectivity index (χ0n) is 9.49. The number of nitrogens with one attached hydrogen (secondary N) is 1. The molecule has 0 saturated carbocycles. The monoisotopic (exact) mass is 292 g/mol. The van der Waals surface area contributed by atoms with Crippen molar-refractivity contribution in [3.63, 3.8) is 0 Å². The van der Waals surface area contributed by atoms with E-state index in [9.17, 15) is 13.2 Å². The lowest BCUT2D eigenvalue weighted by atomic mass is 10.1. The Morgan fingerprint density at radius 2 is 2.22 bits per heavy atom. The third-order valence-corrected chi connectivity index (χ3v) is 4.14. The molecule has 2 heterocycles. The Hall–Kier alpha value is -0.920. The SMILES string of the molecule is CCNC(c1ccsc1)c1cnc(C(F)(F)F)s1. The van der Waals surface area contributed by atoms with Gasteiger partial charge in [-0.15, -0.1) is 11.3 Å². The number of alkyl halides is 3. The Labute approximate surface area is 110 Å². The van der Waals surface area contributed by atoms with E-state index in [0.29, 0.717) is 22.8 Å². The average Bonchev–Trinajstić information content (AvgIpc) is 2.96. The Kier molecular flexibility index (Phi) is 4.04. The van der Waals surface area contributed by atoms with Crippen LogP contribution in [0.1, 0.15) is 28.4 Å². The smallest absolute Gasteiger partial charge is 0.306 e. The Morgan fingerprint density at radius 1 is 1.44 bits per heavy atom. The van der Waals surface area contributed by atoms with Crippen molar-refractivity contribution in [2.45, 2.75) is 19.1 Å². The van der Waals surface area contributed by atoms with Crippen molar-refractivity contribution in [1.82, 2.24) is 10.3 Å². The first-order valence-corrected chi connectivity index (χ1v) is 7.06. The van der Waals surface area contributed by atoms with Gasteiger partial charge in [0.15, 0.2) is 5.01 Å². The topological polar surface area (TPSA) is 24.9 Å². The first-order valence-electron chi connectivity index (χ1n) is 5.30. The maximum Gasteiger partial charge on any atom is 0.443 e. The zero-order chi connectivity index (χ0) is 13.2. The minimum Gasteiger partial charge on any atom is -0.306 e. The van der Waals surface area contributed by atoms with Gasteiger partial charge in [-0.05, 0) is 28.9 Å². The summed E-state index contributed by atoms with van der Waals surface area (Å²) in [5, 5.41) is 6.22. The van der Waals surface area contributed by atoms with Crippen molar-refractivity contribution in [2.24, 2.45) is 0 Å². The van der Waals surface area contributed by atoms with Crippen LogP contribution in [0.25, 0.3) is 0 Å². The molecule has 0 aromatic carbocycles. The highest BCUT2D eigenvalue weighted by Gasteiger charge is 2.35. The van der Waals surface area contributed by atoms with Gasteiger partial charge in [-0.3, -0.25) is 0 Å². The average molecular weight is 292 g/mol. The molecule has 0 aliphatic carbocycles. The minimum absolute atomic E-state index is 0.213. The minimum atomic E-state index is -4.37. The van der Waals surface area contributed by atoms with E-state index in [4.69, 9.17) is 0 Å². The summed E-state index contributed by atoms with van der Waals surface area (Å²) in [6.07, 6.45) is -3.06. The largest absolute Gasteiger partial charge is 0.443 e. The van der Waals surface area contributed by atoms with Gasteiger partial charge < -0.3 is 5.32 Å². The molecule has 0 aliphatic rings. The van der Waals surface area contributed by atoms with Gasteiger partial charge in [0, 0.05) is 11.1 Å². The molecule has 0 fully saturated rings. The first-order chi connectivity index (χ1) is 8.52. The van der Waals surface area contributed by atoms with Gasteiger partial charge in [-0.2, -0.15) is 24.5 Å². The molecule has 2 rings (SSSR count). The number of halogens is 3. The second-order valence-corrected chi connectivity index (χ2v) is 5.46. The lowest BCUT2D eigenvalue weighted by Crippen LogP contribution is -2.20. The van der Waals surface area contributed by atoms with Crippen molar-refractivity contribution in [3.8, 4) is 0 Å². The van der Waals surface area contributed by atoms with E-state index in [0.717, 1.165) is 5.56 Å². The van der Waals surface area contributed by atoms with Gasteiger partial charge in [0.2, 0.25) is 0 Å². The number of rotatable bonds is 4. The van der Waals surface area contributed by atoms with Crippen LogP contribution in [-0.2, 0) is 6.18 Å². The second kappa shape index (κ2) is 5.38. The number of aromatic nitrogens is 1. The molecule has 1 atom stereocenters. The molecular formula is C11H11F3N2S2. The Bertz CT molecular complexity index is 491. The summed E-state index contributed by atoms with van der Waals surface area (Å²) < 4.78 is 37.6. The van der Waals surface area contributed by atoms with Crippen LogP contribution in [0.4, 0.5) is 13.2 Å². The van der Waals surface area contributed by atoms with Gasteiger partial charge in [-0.25, -0.2) is 4.98 Å². The van der Waals surface area contributed by atoms with Gasteiger partial charge in [0.1, 0.15) is 0 Å². The first kappa shape index (κ1) is 13.5. The summed E-state index contributed by atoms with van der Waals surface area (Å²) in [5.74, 6) is 0. The number of thiazole rings is 1. The third-order valence-electron chi connectivity index (χ3n) is 2.34. The molecule has 2 nitrogen and oxygen atoms in total. The van der Waals surface area contributed by atoms with E-state index >= 15 is 0 Å². The molecular weight excluding hydrogens is 281 g/mol. The van der Waals surface area contributed by atoms with Crippen molar-refractivity contribution in [2.75, 3.05) is 6.54 Å². The fourth-order valence-corrected chi connectivity index (χ4v) is 3.15. The quantitative estimate of drug-likeness (QED) is 0.923. The van der Waals surface area contributed by atoms with E-state index in [-0.39, 0.29) is 6.04 Å². The Morgan fingerprint density at radius 3 is 2.72 bits per heavy atom. The van der Waals surface area contributed by atoms with Gasteiger partial charge in [0.25, 0.3) is 0 Å². The van der Waals surface area contributed by atoms with Crippen LogP contribution in [0.3, 0.4) is 0 Å². The van der Waals surface area contributed by atoms with Crippen LogP contribution < -0.4 is 5.32 Å². The fourth-order valence-electron chi connectivity index (χ4n) is 1.58. The molecule has 0 saturated heterocycles. The number of hydrogen-bond acceptors (Lipinski definition) is 4. The van der Waals surface area contributed by atoms with Crippen molar-refractivity contribution < 1.29 is 13.2 Å². The van der Waals surface area contributed by atoms with Gasteiger partial charge in [0.05, 0.1) is 6.04 Å². The van der Waals surface area contributed by atoms with Crippen molar-refractivity contribution in [1.29, 1.82) is 0 Å². The highest BCUT2D eigenvalue weighted by molar-refractivity contribution is 7.11. The summed E-state index contributed by atoms with van der Waals surface area (Å²) in [5.41, 5.74) is 0.972. The van der Waals surface area contributed by atoms with E-state index in [1.165, 1.54) is 17.5 Å². The van der Waals surface area contributed by atoms with Gasteiger partial charge >= 0.3 is 6.18 Å². The van der Waals surface area contributed by atoms with Crippen LogP contribution in [0.2, 0.25) is 0 Å². The lowest BCUT2D eigenvalue weighted by Gasteiger charge is -2.14. The highest BCUT2D eigenvalue weighted by atomic mass is 32.1. The fraction of sp³-hybridized carbons (Fsp3) is 0.364. The highest BCUT2D eigenvalue weighted by Crippen LogP contribution is 2.36. The van der Waals surface area contributed by atoms with Crippen molar-refractivity contribution >= 4 is 22.7 Å². The summed E-state index contributed by atoms with van der Waals surface area (Å²) in [4.78, 5) is 4.04. The molecule has 1 N–H and O–H groups in total. The molecule has 0 spiro atoms. The second-order valence-electron chi connectivity index (χ2n) is 3.61. The van der Waals surface area contributed by atoms with Gasteiger partial charge in [-0.1, -0.05) is 6.92 Å². The van der Waals surface area contributed by atoms with Crippen LogP contribution in [0, 0.1) is 0 Å². The molecule has 0 bridgehead atoms. The van der Waals surface area contributed by atoms with Crippen LogP contribution >= 0.6 is 22.7 Å². The predicted octanol–water partition coefficient (Wildman–Crippen LogP) is 3.92. The third kappa shape index (κ3) is 2.90. The molecule has 0 amide bonds. The van der Waals surface area contributed by atoms with Crippen LogP contribution in [0.15, 0.2) is 23.0 Å². The lowest BCUT2D eigenvalue weighted by molar-refractivity contribution is -0.137. The van der Waals surface area contributed by atoms with E-state index in [2.05, 4.69) is 10.3 Å². The van der Waals surface area contributed by atoms with E-state index in [1.807, 2.05) is 23.8 Å². The molecule has 0 aliphatic heterocycles. The molecule has 7 heteroatoms. The standard InChI is InChI=1S/C11H11F3N2S2/c1-2-15-9(7-3-4-17-6-7)8-5-16-10(18-8)11(12,13)14/h3-6,9,15H,2H2,1H3. The Balaban J connectivity index is 2.29. The predicted molar refractivity (Wildman–Crippen MR) is 67.0 cm³/mol. The summed E-state index contributed by atoms with van der Waals surface area (Å²) in [6, 6.07) is 1.69. The van der Waals surface area contributed by atoms with E-state index in [1.54, 1.807) is 0 Å². The molecule has 2 aromatic heterocycles. The molecule has 18 heavy (non-hydrogen) atoms. The molecule has 2 aromatic rings.